The Morgan fingerprint density at radius 2 is 1.35 bits per heavy atom. The number of carbonyl (C=O) groups excluding carboxylic acids is 3. The molecule has 3 amide bonds. The Hall–Kier alpha value is -5.19. The van der Waals surface area contributed by atoms with E-state index in [0.29, 0.717) is 37.6 Å². The molecule has 0 unspecified atom stereocenters. The monoisotopic (exact) mass is 622 g/mol. The van der Waals surface area contributed by atoms with E-state index in [2.05, 4.69) is 16.0 Å². The highest BCUT2D eigenvalue weighted by Crippen LogP contribution is 2.32. The number of nitrogens with one attached hydrogen (secondary N) is 3. The van der Waals surface area contributed by atoms with Crippen LogP contribution in [0.25, 0.3) is 0 Å². The largest absolute Gasteiger partial charge is 0.508 e. The summed E-state index contributed by atoms with van der Waals surface area (Å²) in [5.41, 5.74) is 4.02. The average molecular weight is 623 g/mol. The van der Waals surface area contributed by atoms with Crippen molar-refractivity contribution in [2.24, 2.45) is 0 Å². The number of benzene rings is 4. The van der Waals surface area contributed by atoms with Crippen molar-refractivity contribution in [3.63, 3.8) is 0 Å². The maximum absolute atomic E-state index is 13.4. The number of rotatable bonds is 15. The van der Waals surface area contributed by atoms with Gasteiger partial charge in [0.25, 0.3) is 0 Å². The standard InChI is InChI=1S/C36H38N4O6/c41-30-14-11-26(12-15-30)17-18-39-34(42)24-40(35(43)22-37-20-27-13-16-32-33(19-27)46-25-45-32)36(44)23-38-21-31(28-7-3-1-4-8-28)29-9-5-2-6-10-29/h1-16,19,31,37-38,41H,17-18,20-25H2,(H,39,42). The molecule has 1 aliphatic rings. The molecule has 0 atom stereocenters. The zero-order valence-electron chi connectivity index (χ0n) is 25.5. The van der Waals surface area contributed by atoms with Gasteiger partial charge >= 0.3 is 0 Å². The van der Waals surface area contributed by atoms with Crippen molar-refractivity contribution in [1.82, 2.24) is 20.9 Å². The molecule has 1 heterocycles. The van der Waals surface area contributed by atoms with Crippen molar-refractivity contribution in [2.75, 3.05) is 39.5 Å². The van der Waals surface area contributed by atoms with Gasteiger partial charge in [0.05, 0.1) is 13.1 Å². The summed E-state index contributed by atoms with van der Waals surface area (Å²) < 4.78 is 10.8. The Kier molecular flexibility index (Phi) is 11.4. The number of phenolic OH excluding ortho intramolecular Hbond substituents is 1. The smallest absolute Gasteiger partial charge is 0.243 e. The van der Waals surface area contributed by atoms with Crippen molar-refractivity contribution < 1.29 is 29.0 Å². The maximum Gasteiger partial charge on any atom is 0.243 e. The molecule has 0 aromatic heterocycles. The highest BCUT2D eigenvalue weighted by molar-refractivity contribution is 6.00. The van der Waals surface area contributed by atoms with Crippen LogP contribution in [0.1, 0.15) is 28.2 Å². The molecule has 4 aromatic rings. The van der Waals surface area contributed by atoms with Gasteiger partial charge in [0.15, 0.2) is 11.5 Å². The third-order valence-electron chi connectivity index (χ3n) is 7.65. The van der Waals surface area contributed by atoms with Crippen LogP contribution < -0.4 is 25.4 Å². The van der Waals surface area contributed by atoms with E-state index in [-0.39, 0.29) is 31.5 Å². The van der Waals surface area contributed by atoms with Crippen LogP contribution in [0.2, 0.25) is 0 Å². The summed E-state index contributed by atoms with van der Waals surface area (Å²) >= 11 is 0. The molecular formula is C36H38N4O6. The number of ether oxygens (including phenoxy) is 2. The van der Waals surface area contributed by atoms with E-state index in [1.54, 1.807) is 24.3 Å². The number of hydrogen-bond donors (Lipinski definition) is 4. The van der Waals surface area contributed by atoms with E-state index < -0.39 is 24.3 Å². The quantitative estimate of drug-likeness (QED) is 0.159. The summed E-state index contributed by atoms with van der Waals surface area (Å²) in [6.07, 6.45) is 0.535. The lowest BCUT2D eigenvalue weighted by molar-refractivity contribution is -0.147. The highest BCUT2D eigenvalue weighted by atomic mass is 16.7. The lowest BCUT2D eigenvalue weighted by Crippen LogP contribution is -2.50. The first-order chi connectivity index (χ1) is 22.5. The van der Waals surface area contributed by atoms with Gasteiger partial charge in [-0.25, -0.2) is 0 Å². The minimum absolute atomic E-state index is 0.00841. The number of nitrogens with zero attached hydrogens (tertiary/aromatic N) is 1. The number of fused-ring (bicyclic) bond motifs is 1. The van der Waals surface area contributed by atoms with Gasteiger partial charge in [0, 0.05) is 25.6 Å². The van der Waals surface area contributed by atoms with Gasteiger partial charge < -0.3 is 30.5 Å². The molecule has 0 fully saturated rings. The van der Waals surface area contributed by atoms with Crippen molar-refractivity contribution in [2.45, 2.75) is 18.9 Å². The summed E-state index contributed by atoms with van der Waals surface area (Å²) in [5, 5.41) is 18.6. The molecule has 1 aliphatic heterocycles. The van der Waals surface area contributed by atoms with E-state index >= 15 is 0 Å². The topological polar surface area (TPSA) is 129 Å². The molecule has 10 heteroatoms. The summed E-state index contributed by atoms with van der Waals surface area (Å²) in [6.45, 7) is 0.644. The van der Waals surface area contributed by atoms with Gasteiger partial charge in [-0.05, 0) is 52.9 Å². The third-order valence-corrected chi connectivity index (χ3v) is 7.65. The Bertz CT molecular complexity index is 1560. The Balaban J connectivity index is 1.19. The SMILES string of the molecule is O=C(CN(C(=O)CNCc1ccc2c(c1)OCO2)C(=O)CNCC(c1ccccc1)c1ccccc1)NCCc1ccc(O)cc1. The minimum atomic E-state index is -0.510. The molecule has 0 saturated heterocycles. The second kappa shape index (κ2) is 16.2. The van der Waals surface area contributed by atoms with E-state index in [1.165, 1.54) is 0 Å². The molecule has 10 nitrogen and oxygen atoms in total. The molecule has 238 valence electrons. The van der Waals surface area contributed by atoms with Crippen LogP contribution in [0.3, 0.4) is 0 Å². The molecule has 5 rings (SSSR count). The van der Waals surface area contributed by atoms with Crippen LogP contribution in [0, 0.1) is 0 Å². The summed E-state index contributed by atoms with van der Waals surface area (Å²) in [6, 6.07) is 32.3. The minimum Gasteiger partial charge on any atom is -0.508 e. The zero-order chi connectivity index (χ0) is 32.1. The lowest BCUT2D eigenvalue weighted by atomic mass is 9.91. The van der Waals surface area contributed by atoms with E-state index in [9.17, 15) is 19.5 Å². The molecule has 0 radical (unpaired) electrons. The van der Waals surface area contributed by atoms with Crippen molar-refractivity contribution in [1.29, 1.82) is 0 Å². The number of amides is 3. The number of imide groups is 1. The number of carbonyl (C=O) groups is 3. The van der Waals surface area contributed by atoms with Crippen LogP contribution in [0.5, 0.6) is 17.2 Å². The number of aromatic hydroxyl groups is 1. The van der Waals surface area contributed by atoms with E-state index in [0.717, 1.165) is 27.2 Å². The van der Waals surface area contributed by atoms with Gasteiger partial charge in [-0.2, -0.15) is 0 Å². The second-order valence-corrected chi connectivity index (χ2v) is 10.9. The fourth-order valence-electron chi connectivity index (χ4n) is 5.20. The molecular weight excluding hydrogens is 584 g/mol. The van der Waals surface area contributed by atoms with Crippen molar-refractivity contribution >= 4 is 17.7 Å². The van der Waals surface area contributed by atoms with Crippen LogP contribution in [-0.4, -0.2) is 67.2 Å². The van der Waals surface area contributed by atoms with Gasteiger partial charge in [0.2, 0.25) is 24.5 Å². The summed E-state index contributed by atoms with van der Waals surface area (Å²) in [7, 11) is 0. The molecule has 0 aliphatic carbocycles. The maximum atomic E-state index is 13.4. The zero-order valence-corrected chi connectivity index (χ0v) is 25.5. The number of hydrogen-bond acceptors (Lipinski definition) is 8. The first-order valence-electron chi connectivity index (χ1n) is 15.2. The normalized spacial score (nSPS) is 11.8. The molecule has 0 spiro atoms. The van der Waals surface area contributed by atoms with Gasteiger partial charge in [-0.1, -0.05) is 78.9 Å². The van der Waals surface area contributed by atoms with Gasteiger partial charge in [-0.15, -0.1) is 0 Å². The van der Waals surface area contributed by atoms with Crippen molar-refractivity contribution in [3.05, 3.63) is 125 Å². The first-order valence-corrected chi connectivity index (χ1v) is 15.2. The fourth-order valence-corrected chi connectivity index (χ4v) is 5.20. The Morgan fingerprint density at radius 1 is 0.739 bits per heavy atom. The van der Waals surface area contributed by atoms with Crippen molar-refractivity contribution in [3.8, 4) is 17.2 Å². The molecule has 4 aromatic carbocycles. The Morgan fingerprint density at radius 3 is 2.02 bits per heavy atom. The summed E-state index contributed by atoms with van der Waals surface area (Å²) in [4.78, 5) is 40.7. The van der Waals surface area contributed by atoms with E-state index in [1.807, 2.05) is 78.9 Å². The molecule has 46 heavy (non-hydrogen) atoms. The van der Waals surface area contributed by atoms with Crippen LogP contribution in [-0.2, 0) is 27.3 Å². The lowest BCUT2D eigenvalue weighted by Gasteiger charge is -2.23. The first kappa shape index (κ1) is 32.2. The Labute approximate surface area is 268 Å². The van der Waals surface area contributed by atoms with Crippen LogP contribution in [0.15, 0.2) is 103 Å². The fraction of sp³-hybridized carbons (Fsp3) is 0.250. The molecule has 0 bridgehead atoms. The predicted octanol–water partition coefficient (Wildman–Crippen LogP) is 3.35. The van der Waals surface area contributed by atoms with E-state index in [4.69, 9.17) is 9.47 Å². The number of phenols is 1. The predicted molar refractivity (Wildman–Crippen MR) is 173 cm³/mol. The highest BCUT2D eigenvalue weighted by Gasteiger charge is 2.24. The average Bonchev–Trinajstić information content (AvgIpc) is 3.55. The van der Waals surface area contributed by atoms with Gasteiger partial charge in [-0.3, -0.25) is 19.3 Å². The molecule has 0 saturated carbocycles. The van der Waals surface area contributed by atoms with Crippen LogP contribution in [0.4, 0.5) is 0 Å². The third kappa shape index (κ3) is 9.16. The summed E-state index contributed by atoms with van der Waals surface area (Å²) in [5.74, 6) is 0.0186. The van der Waals surface area contributed by atoms with Crippen LogP contribution >= 0.6 is 0 Å². The second-order valence-electron chi connectivity index (χ2n) is 10.9. The molecule has 4 N–H and O–H groups in total. The van der Waals surface area contributed by atoms with Gasteiger partial charge in [0.1, 0.15) is 12.3 Å².